The first-order valence-corrected chi connectivity index (χ1v) is 7.01. The lowest BCUT2D eigenvalue weighted by Gasteiger charge is -1.95. The average molecular weight is 288 g/mol. The summed E-state index contributed by atoms with van der Waals surface area (Å²) in [7, 11) is -3.74. The Balaban J connectivity index is 0.000000258. The van der Waals surface area contributed by atoms with Gasteiger partial charge < -0.3 is 10.2 Å². The highest BCUT2D eigenvalue weighted by molar-refractivity contribution is 7.89. The quantitative estimate of drug-likeness (QED) is 0.591. The zero-order valence-corrected chi connectivity index (χ0v) is 11.1. The highest BCUT2D eigenvalue weighted by Gasteiger charge is 2.15. The fraction of sp³-hybridized carbons (Fsp3) is 0.400. The molecule has 0 aliphatic rings. The Labute approximate surface area is 110 Å². The van der Waals surface area contributed by atoms with Gasteiger partial charge in [-0.05, 0) is 25.5 Å². The van der Waals surface area contributed by atoms with Crippen molar-refractivity contribution in [3.63, 3.8) is 0 Å². The molecule has 0 aromatic carbocycles. The maximum atomic E-state index is 11.0. The third kappa shape index (κ3) is 4.56. The Morgan fingerprint density at radius 1 is 1.53 bits per heavy atom. The lowest BCUT2D eigenvalue weighted by Crippen LogP contribution is -2.12. The van der Waals surface area contributed by atoms with Crippen LogP contribution in [0.3, 0.4) is 0 Å². The summed E-state index contributed by atoms with van der Waals surface area (Å²) in [5.41, 5.74) is 0.339. The molecule has 0 aliphatic heterocycles. The summed E-state index contributed by atoms with van der Waals surface area (Å²) in [6.45, 7) is 1.73. The molecule has 0 saturated carbocycles. The molecular formula is C10H16N4O4S. The molecule has 0 amide bonds. The maximum Gasteiger partial charge on any atom is 0.255 e. The van der Waals surface area contributed by atoms with Crippen molar-refractivity contribution >= 4 is 21.1 Å². The molecule has 0 fully saturated rings. The minimum absolute atomic E-state index is 0.0810. The Hall–Kier alpha value is -1.55. The molecule has 106 valence electrons. The van der Waals surface area contributed by atoms with Gasteiger partial charge in [0.2, 0.25) is 0 Å². The van der Waals surface area contributed by atoms with Gasteiger partial charge in [0.1, 0.15) is 0 Å². The molecule has 5 N–H and O–H groups in total. The number of primary sulfonamides is 1. The van der Waals surface area contributed by atoms with E-state index in [4.69, 9.17) is 15.4 Å². The van der Waals surface area contributed by atoms with Gasteiger partial charge in [0.05, 0.1) is 11.5 Å². The van der Waals surface area contributed by atoms with E-state index in [1.165, 1.54) is 6.20 Å². The highest BCUT2D eigenvalue weighted by atomic mass is 32.2. The van der Waals surface area contributed by atoms with Crippen molar-refractivity contribution in [2.24, 2.45) is 5.14 Å². The zero-order chi connectivity index (χ0) is 14.5. The summed E-state index contributed by atoms with van der Waals surface area (Å²) in [5, 5.41) is 27.7. The van der Waals surface area contributed by atoms with Crippen LogP contribution < -0.4 is 5.14 Å². The van der Waals surface area contributed by atoms with E-state index in [-0.39, 0.29) is 17.7 Å². The second-order valence-electron chi connectivity index (χ2n) is 3.83. The van der Waals surface area contributed by atoms with Crippen LogP contribution >= 0.6 is 0 Å². The van der Waals surface area contributed by atoms with Gasteiger partial charge in [0.15, 0.2) is 10.7 Å². The Morgan fingerprint density at radius 3 is 2.68 bits per heavy atom. The van der Waals surface area contributed by atoms with E-state index >= 15 is 0 Å². The van der Waals surface area contributed by atoms with Gasteiger partial charge in [-0.2, -0.15) is 5.10 Å². The van der Waals surface area contributed by atoms with E-state index in [1.807, 2.05) is 0 Å². The molecule has 0 spiro atoms. The fourth-order valence-corrected chi connectivity index (χ4v) is 1.87. The SMILES string of the molecule is CC(O)CCO.NS(=O)(=O)c1[nH]nc2ncccc12. The fourth-order valence-electron chi connectivity index (χ4n) is 1.23. The number of nitrogens with one attached hydrogen (secondary N) is 1. The normalized spacial score (nSPS) is 12.8. The van der Waals surface area contributed by atoms with Crippen molar-refractivity contribution in [2.45, 2.75) is 24.5 Å². The molecule has 2 aromatic heterocycles. The van der Waals surface area contributed by atoms with Crippen molar-refractivity contribution in [2.75, 3.05) is 6.61 Å². The van der Waals surface area contributed by atoms with Gasteiger partial charge in [-0.25, -0.2) is 18.5 Å². The second-order valence-corrected chi connectivity index (χ2v) is 5.33. The third-order valence-electron chi connectivity index (χ3n) is 2.13. The van der Waals surface area contributed by atoms with E-state index in [1.54, 1.807) is 19.1 Å². The van der Waals surface area contributed by atoms with E-state index in [0.717, 1.165) is 0 Å². The van der Waals surface area contributed by atoms with Crippen molar-refractivity contribution in [3.8, 4) is 0 Å². The summed E-state index contributed by atoms with van der Waals surface area (Å²) in [6.07, 6.45) is 1.66. The van der Waals surface area contributed by atoms with Crippen LogP contribution in [0.4, 0.5) is 0 Å². The van der Waals surface area contributed by atoms with Crippen LogP contribution in [0.5, 0.6) is 0 Å². The number of aliphatic hydroxyl groups excluding tert-OH is 2. The second kappa shape index (κ2) is 6.57. The Bertz CT molecular complexity index is 623. The predicted molar refractivity (Wildman–Crippen MR) is 68.6 cm³/mol. The number of aliphatic hydroxyl groups is 2. The standard InChI is InChI=1S/C6H6N4O2S.C4H10O2/c7-13(11,12)6-4-2-1-3-8-5(4)9-10-6;1-4(6)2-3-5/h1-3H,(H2,7,11,12)(H,8,9,10);4-6H,2-3H2,1H3. The molecular weight excluding hydrogens is 272 g/mol. The number of H-pyrrole nitrogens is 1. The molecule has 1 unspecified atom stereocenters. The molecule has 2 rings (SSSR count). The van der Waals surface area contributed by atoms with Crippen LogP contribution in [0, 0.1) is 0 Å². The molecule has 0 radical (unpaired) electrons. The minimum atomic E-state index is -3.74. The summed E-state index contributed by atoms with van der Waals surface area (Å²) in [4.78, 5) is 3.85. The predicted octanol–water partition coefficient (Wildman–Crippen LogP) is -0.645. The molecule has 0 bridgehead atoms. The van der Waals surface area contributed by atoms with Gasteiger partial charge in [-0.15, -0.1) is 0 Å². The first-order chi connectivity index (χ1) is 8.86. The number of sulfonamides is 1. The third-order valence-corrected chi connectivity index (χ3v) is 3.01. The van der Waals surface area contributed by atoms with Crippen molar-refractivity contribution in [1.82, 2.24) is 15.2 Å². The van der Waals surface area contributed by atoms with Crippen LogP contribution in [0.25, 0.3) is 11.0 Å². The van der Waals surface area contributed by atoms with E-state index < -0.39 is 10.0 Å². The number of aromatic amines is 1. The monoisotopic (exact) mass is 288 g/mol. The molecule has 2 heterocycles. The molecule has 0 aliphatic carbocycles. The number of pyridine rings is 1. The number of fused-ring (bicyclic) bond motifs is 1. The zero-order valence-electron chi connectivity index (χ0n) is 10.3. The molecule has 2 aromatic rings. The van der Waals surface area contributed by atoms with Gasteiger partial charge in [-0.3, -0.25) is 5.10 Å². The van der Waals surface area contributed by atoms with E-state index in [9.17, 15) is 8.42 Å². The minimum Gasteiger partial charge on any atom is -0.396 e. The van der Waals surface area contributed by atoms with Crippen molar-refractivity contribution in [1.29, 1.82) is 0 Å². The first-order valence-electron chi connectivity index (χ1n) is 5.47. The number of aromatic nitrogens is 3. The van der Waals surface area contributed by atoms with Crippen LogP contribution in [0.15, 0.2) is 23.4 Å². The molecule has 8 nitrogen and oxygen atoms in total. The number of nitrogens with two attached hydrogens (primary N) is 1. The average Bonchev–Trinajstić information content (AvgIpc) is 2.72. The number of hydrogen-bond donors (Lipinski definition) is 4. The van der Waals surface area contributed by atoms with Gasteiger partial charge in [0, 0.05) is 12.8 Å². The van der Waals surface area contributed by atoms with Crippen LogP contribution in [-0.2, 0) is 10.0 Å². The van der Waals surface area contributed by atoms with Gasteiger partial charge in [0.25, 0.3) is 10.0 Å². The summed E-state index contributed by atoms with van der Waals surface area (Å²) < 4.78 is 22.0. The van der Waals surface area contributed by atoms with Crippen LogP contribution in [-0.4, -0.2) is 46.5 Å². The van der Waals surface area contributed by atoms with Crippen LogP contribution in [0.1, 0.15) is 13.3 Å². The van der Waals surface area contributed by atoms with E-state index in [2.05, 4.69) is 15.2 Å². The lowest BCUT2D eigenvalue weighted by atomic mass is 10.3. The van der Waals surface area contributed by atoms with Crippen molar-refractivity contribution in [3.05, 3.63) is 18.3 Å². The molecule has 19 heavy (non-hydrogen) atoms. The van der Waals surface area contributed by atoms with Crippen LogP contribution in [0.2, 0.25) is 0 Å². The Morgan fingerprint density at radius 2 is 2.21 bits per heavy atom. The number of rotatable bonds is 3. The van der Waals surface area contributed by atoms with Crippen molar-refractivity contribution < 1.29 is 18.6 Å². The smallest absolute Gasteiger partial charge is 0.255 e. The topological polar surface area (TPSA) is 142 Å². The Kier molecular flexibility index (Phi) is 5.36. The van der Waals surface area contributed by atoms with E-state index in [0.29, 0.717) is 17.5 Å². The summed E-state index contributed by atoms with van der Waals surface area (Å²) in [5.74, 6) is 0. The summed E-state index contributed by atoms with van der Waals surface area (Å²) >= 11 is 0. The maximum absolute atomic E-state index is 11.0. The molecule has 9 heteroatoms. The number of hydrogen-bond acceptors (Lipinski definition) is 6. The largest absolute Gasteiger partial charge is 0.396 e. The molecule has 0 saturated heterocycles. The highest BCUT2D eigenvalue weighted by Crippen LogP contribution is 2.15. The van der Waals surface area contributed by atoms with Gasteiger partial charge >= 0.3 is 0 Å². The summed E-state index contributed by atoms with van der Waals surface area (Å²) in [6, 6.07) is 3.21. The lowest BCUT2D eigenvalue weighted by molar-refractivity contribution is 0.148. The van der Waals surface area contributed by atoms with Gasteiger partial charge in [-0.1, -0.05) is 0 Å². The first kappa shape index (κ1) is 15.5. The molecule has 1 atom stereocenters. The number of nitrogens with zero attached hydrogens (tertiary/aromatic N) is 2.